The molecule has 1 fully saturated rings. The van der Waals surface area contributed by atoms with E-state index in [1.54, 1.807) is 0 Å². The molecule has 2 radical (unpaired) electrons. The molecule has 0 saturated heterocycles. The van der Waals surface area contributed by atoms with Crippen molar-refractivity contribution in [1.29, 1.82) is 5.41 Å². The van der Waals surface area contributed by atoms with E-state index in [9.17, 15) is 50.0 Å². The molecule has 11 N–H and O–H groups in total. The topological polar surface area (TPSA) is 243 Å². The predicted molar refractivity (Wildman–Crippen MR) is 159 cm³/mol. The highest BCUT2D eigenvalue weighted by Gasteiger charge is 2.77. The van der Waals surface area contributed by atoms with Crippen LogP contribution in [0.3, 0.4) is 0 Å². The van der Waals surface area contributed by atoms with Gasteiger partial charge in [0.05, 0.1) is 31.7 Å². The summed E-state index contributed by atoms with van der Waals surface area (Å²) < 4.78 is 37.2. The van der Waals surface area contributed by atoms with Crippen molar-refractivity contribution < 1.29 is 59.2 Å². The van der Waals surface area contributed by atoms with Gasteiger partial charge in [0.1, 0.15) is 5.60 Å². The maximum atomic E-state index is 16.4. The number of hydrogen-bond acceptors (Lipinski definition) is 11. The van der Waals surface area contributed by atoms with Gasteiger partial charge >= 0.3 is 5.97 Å². The zero-order valence-corrected chi connectivity index (χ0v) is 24.1. The van der Waals surface area contributed by atoms with Gasteiger partial charge in [0.25, 0.3) is 11.6 Å². The summed E-state index contributed by atoms with van der Waals surface area (Å²) in [5, 5.41) is 93.5. The lowest BCUT2D eigenvalue weighted by Gasteiger charge is -2.59. The van der Waals surface area contributed by atoms with Gasteiger partial charge in [-0.3, -0.25) is 0 Å². The van der Waals surface area contributed by atoms with Crippen molar-refractivity contribution >= 4 is 36.6 Å². The summed E-state index contributed by atoms with van der Waals surface area (Å²) in [5.41, 5.74) is 1.06. The second kappa shape index (κ2) is 10.6. The monoisotopic (exact) mass is 639 g/mol. The fourth-order valence-electron chi connectivity index (χ4n) is 6.08. The number of carbonyl (C=O) groups is 1. The lowest BCUT2D eigenvalue weighted by atomic mass is 9.53. The van der Waals surface area contributed by atoms with Gasteiger partial charge in [-0.2, -0.15) is 0 Å². The number of rotatable bonds is 6. The Hall–Kier alpha value is -4.42. The highest BCUT2D eigenvalue weighted by Crippen LogP contribution is 2.60. The Labute approximate surface area is 259 Å². The first kappa shape index (κ1) is 33.0. The fraction of sp³-hybridized carbons (Fsp3) is 0.267. The van der Waals surface area contributed by atoms with Gasteiger partial charge in [-0.15, -0.1) is 0 Å². The number of hydrogen-bond donors (Lipinski definition) is 10. The lowest BCUT2D eigenvalue weighted by molar-refractivity contribution is -0.500. The molecule has 1 saturated carbocycles. The Morgan fingerprint density at radius 2 is 1.63 bits per heavy atom. The molecule has 240 valence electrons. The molecule has 16 heteroatoms. The van der Waals surface area contributed by atoms with Gasteiger partial charge in [0.2, 0.25) is 5.79 Å². The third-order valence-electron chi connectivity index (χ3n) is 8.70. The molecule has 3 unspecified atom stereocenters. The first-order valence-corrected chi connectivity index (χ1v) is 13.4. The van der Waals surface area contributed by atoms with Crippen LogP contribution in [0, 0.1) is 17.0 Å². The number of nitrogens with zero attached hydrogens (tertiary/aromatic N) is 1. The van der Waals surface area contributed by atoms with Crippen molar-refractivity contribution in [3.63, 3.8) is 0 Å². The Morgan fingerprint density at radius 1 is 1.02 bits per heavy atom. The standard InChI is InChI=1S/C30H28BF2N3O10/c1-27(39)21(25(31)28(40,41)30(44,45)29(27,42)43)24-19(12-3-5-13(6-4-12)26(37)38)20-17(9-14(11-34)23(35)22(20)33)36(24)15-7-8-16(32)18(10-15)46-2/h3-11,21,25,34,39-45H,35H2,1-2H3,(H,37,38). The summed E-state index contributed by atoms with van der Waals surface area (Å²) >= 11 is 0. The second-order valence-electron chi connectivity index (χ2n) is 11.3. The minimum absolute atomic E-state index is 0.00882. The molecule has 1 aliphatic rings. The second-order valence-corrected chi connectivity index (χ2v) is 11.3. The van der Waals surface area contributed by atoms with Crippen molar-refractivity contribution in [2.75, 3.05) is 12.8 Å². The number of carboxylic acids is 1. The van der Waals surface area contributed by atoms with Gasteiger partial charge in [0, 0.05) is 46.1 Å². The number of nitrogens with one attached hydrogen (secondary N) is 1. The van der Waals surface area contributed by atoms with Crippen LogP contribution in [-0.2, 0) is 0 Å². The van der Waals surface area contributed by atoms with Crippen molar-refractivity contribution in [2.24, 2.45) is 0 Å². The number of halogens is 2. The molecule has 1 aliphatic carbocycles. The lowest BCUT2D eigenvalue weighted by Crippen LogP contribution is -2.82. The van der Waals surface area contributed by atoms with E-state index in [4.69, 9.17) is 23.7 Å². The molecule has 0 spiro atoms. The average molecular weight is 639 g/mol. The average Bonchev–Trinajstić information content (AvgIpc) is 3.32. The van der Waals surface area contributed by atoms with E-state index in [0.717, 1.165) is 42.2 Å². The van der Waals surface area contributed by atoms with Gasteiger partial charge in [-0.1, -0.05) is 12.1 Å². The molecular formula is C30H28BF2N3O10. The number of carboxylic acid groups (broad SMARTS) is 1. The van der Waals surface area contributed by atoms with Crippen LogP contribution in [0.5, 0.6) is 5.75 Å². The Morgan fingerprint density at radius 3 is 2.17 bits per heavy atom. The fourth-order valence-corrected chi connectivity index (χ4v) is 6.08. The Bertz CT molecular complexity index is 1910. The molecule has 1 aromatic heterocycles. The molecule has 46 heavy (non-hydrogen) atoms. The van der Waals surface area contributed by atoms with Crippen LogP contribution in [0.25, 0.3) is 27.7 Å². The number of nitrogen functional groups attached to an aromatic ring is 1. The molecule has 4 aromatic rings. The summed E-state index contributed by atoms with van der Waals surface area (Å²) in [6.45, 7) is 0.701. The van der Waals surface area contributed by atoms with Crippen molar-refractivity contribution in [3.8, 4) is 22.6 Å². The van der Waals surface area contributed by atoms with Gasteiger partial charge in [0.15, 0.2) is 17.4 Å². The Kier molecular flexibility index (Phi) is 7.57. The molecule has 3 atom stereocenters. The number of fused-ring (bicyclic) bond motifs is 1. The van der Waals surface area contributed by atoms with Crippen LogP contribution in [-0.4, -0.2) is 95.5 Å². The van der Waals surface area contributed by atoms with Crippen molar-refractivity contribution in [3.05, 3.63) is 77.0 Å². The SMILES string of the molecule is [B]C1C(c2c(-c3ccc(C(=O)O)cc3)c3c(F)c(N)c(C=N)cc3n2-c2ccc(F)c(OC)c2)C(C)(O)C(O)(O)C(O)(O)C1(O)O. The number of methoxy groups -OCH3 is 1. The maximum Gasteiger partial charge on any atom is 0.335 e. The highest BCUT2D eigenvalue weighted by molar-refractivity contribution is 6.14. The summed E-state index contributed by atoms with van der Waals surface area (Å²) in [5.74, 6) is -20.6. The molecule has 3 aromatic carbocycles. The normalized spacial score (nSPS) is 23.3. The molecule has 0 aliphatic heterocycles. The zero-order chi connectivity index (χ0) is 34.3. The maximum absolute atomic E-state index is 16.4. The zero-order valence-electron chi connectivity index (χ0n) is 24.1. The van der Waals surface area contributed by atoms with Crippen molar-refractivity contribution in [2.45, 2.75) is 41.6 Å². The minimum atomic E-state index is -4.28. The third-order valence-corrected chi connectivity index (χ3v) is 8.70. The summed E-state index contributed by atoms with van der Waals surface area (Å²) in [7, 11) is 7.37. The molecule has 0 bridgehead atoms. The highest BCUT2D eigenvalue weighted by atomic mass is 19.1. The minimum Gasteiger partial charge on any atom is -0.494 e. The smallest absolute Gasteiger partial charge is 0.335 e. The molecule has 13 nitrogen and oxygen atoms in total. The number of aliphatic hydroxyl groups is 7. The van der Waals surface area contributed by atoms with E-state index in [2.05, 4.69) is 0 Å². The number of anilines is 1. The summed E-state index contributed by atoms with van der Waals surface area (Å²) in [4.78, 5) is 11.6. The Balaban J connectivity index is 2.07. The van der Waals surface area contributed by atoms with E-state index >= 15 is 4.39 Å². The number of aromatic nitrogens is 1. The van der Waals surface area contributed by atoms with Crippen LogP contribution >= 0.6 is 0 Å². The first-order valence-electron chi connectivity index (χ1n) is 13.4. The van der Waals surface area contributed by atoms with E-state index in [0.29, 0.717) is 6.92 Å². The van der Waals surface area contributed by atoms with E-state index < -0.39 is 63.7 Å². The molecular weight excluding hydrogens is 611 g/mol. The number of nitrogens with two attached hydrogens (primary N) is 1. The van der Waals surface area contributed by atoms with Gasteiger partial charge in [-0.05, 0) is 48.6 Å². The van der Waals surface area contributed by atoms with Gasteiger partial charge < -0.3 is 61.3 Å². The number of benzene rings is 3. The molecule has 0 amide bonds. The summed E-state index contributed by atoms with van der Waals surface area (Å²) in [6.07, 6.45) is 0.731. The van der Waals surface area contributed by atoms with E-state index in [1.807, 2.05) is 0 Å². The third kappa shape index (κ3) is 4.26. The van der Waals surface area contributed by atoms with E-state index in [1.165, 1.54) is 24.3 Å². The first-order chi connectivity index (χ1) is 21.3. The van der Waals surface area contributed by atoms with Crippen LogP contribution in [0.4, 0.5) is 14.5 Å². The predicted octanol–water partition coefficient (Wildman–Crippen LogP) is 0.710. The molecule has 5 rings (SSSR count). The van der Waals surface area contributed by atoms with Gasteiger partial charge in [-0.25, -0.2) is 13.6 Å². The number of ether oxygens (including phenoxy) is 1. The van der Waals surface area contributed by atoms with Crippen molar-refractivity contribution in [1.82, 2.24) is 4.57 Å². The quantitative estimate of drug-likeness (QED) is 0.0610. The summed E-state index contributed by atoms with van der Waals surface area (Å²) in [6, 6.07) is 9.28. The largest absolute Gasteiger partial charge is 0.494 e. The van der Waals surface area contributed by atoms with Crippen LogP contribution < -0.4 is 10.5 Å². The van der Waals surface area contributed by atoms with Crippen LogP contribution in [0.1, 0.15) is 34.5 Å². The number of aromatic carboxylic acids is 1. The van der Waals surface area contributed by atoms with Crippen LogP contribution in [0.15, 0.2) is 48.5 Å². The molecule has 1 heterocycles. The van der Waals surface area contributed by atoms with E-state index in [-0.39, 0.29) is 44.6 Å². The van der Waals surface area contributed by atoms with Crippen LogP contribution in [0.2, 0.25) is 5.82 Å².